The second-order valence-corrected chi connectivity index (χ2v) is 6.58. The fraction of sp³-hybridized carbons (Fsp3) is 1.00. The van der Waals surface area contributed by atoms with Crippen molar-refractivity contribution in [2.45, 2.75) is 44.1 Å². The maximum absolute atomic E-state index is 5.27. The van der Waals surface area contributed by atoms with Crippen LogP contribution in [-0.4, -0.2) is 29.7 Å². The molecule has 0 heterocycles. The monoisotopic (exact) mass is 202 g/mol. The van der Waals surface area contributed by atoms with E-state index < -0.39 is 0 Å². The molecular weight excluding hydrogens is 180 g/mol. The molecule has 1 rings (SSSR count). The predicted octanol–water partition coefficient (Wildman–Crippen LogP) is 1.73. The molecule has 13 heavy (non-hydrogen) atoms. The molecule has 0 N–H and O–H groups in total. The van der Waals surface area contributed by atoms with Gasteiger partial charge in [0.25, 0.3) is 0 Å². The van der Waals surface area contributed by atoms with Gasteiger partial charge in [-0.25, -0.2) is 0 Å². The minimum atomic E-state index is -0.224. The first kappa shape index (κ1) is 11.2. The third-order valence-electron chi connectivity index (χ3n) is 3.29. The molecule has 0 spiro atoms. The fourth-order valence-electron chi connectivity index (χ4n) is 2.31. The van der Waals surface area contributed by atoms with Crippen LogP contribution < -0.4 is 0 Å². The Morgan fingerprint density at radius 3 is 2.15 bits per heavy atom. The SMILES string of the molecule is COC(OC)[SiH2]C(C)C1CCCC1. The van der Waals surface area contributed by atoms with Crippen molar-refractivity contribution >= 4 is 9.52 Å². The zero-order valence-electron chi connectivity index (χ0n) is 9.08. The van der Waals surface area contributed by atoms with Gasteiger partial charge in [-0.3, -0.25) is 0 Å². The molecule has 78 valence electrons. The van der Waals surface area contributed by atoms with Gasteiger partial charge in [0.05, 0.1) is 9.52 Å². The lowest BCUT2D eigenvalue weighted by atomic mass is 10.1. The van der Waals surface area contributed by atoms with Gasteiger partial charge in [0.2, 0.25) is 0 Å². The molecule has 1 fully saturated rings. The Labute approximate surface area is 83.8 Å². The zero-order valence-corrected chi connectivity index (χ0v) is 10.5. The fourth-order valence-corrected chi connectivity index (χ4v) is 4.16. The zero-order chi connectivity index (χ0) is 9.68. The predicted molar refractivity (Wildman–Crippen MR) is 57.7 cm³/mol. The molecule has 1 saturated carbocycles. The molecule has 1 aliphatic carbocycles. The van der Waals surface area contributed by atoms with Crippen LogP contribution in [0.4, 0.5) is 0 Å². The van der Waals surface area contributed by atoms with E-state index in [4.69, 9.17) is 9.47 Å². The summed E-state index contributed by atoms with van der Waals surface area (Å²) in [6.45, 7) is 2.38. The van der Waals surface area contributed by atoms with Crippen molar-refractivity contribution in [3.05, 3.63) is 0 Å². The summed E-state index contributed by atoms with van der Waals surface area (Å²) in [7, 11) is 3.28. The molecule has 0 saturated heterocycles. The average molecular weight is 202 g/mol. The molecule has 1 unspecified atom stereocenters. The number of methoxy groups -OCH3 is 2. The van der Waals surface area contributed by atoms with Gasteiger partial charge in [0.15, 0.2) is 0 Å². The lowest BCUT2D eigenvalue weighted by Crippen LogP contribution is -2.26. The molecule has 1 aliphatic rings. The largest absolute Gasteiger partial charge is 0.360 e. The Kier molecular flexibility index (Phi) is 4.99. The quantitative estimate of drug-likeness (QED) is 0.499. The van der Waals surface area contributed by atoms with Gasteiger partial charge in [-0.2, -0.15) is 0 Å². The average Bonchev–Trinajstić information content (AvgIpc) is 2.66. The molecule has 1 atom stereocenters. The Bertz CT molecular complexity index is 131. The lowest BCUT2D eigenvalue weighted by Gasteiger charge is -2.22. The summed E-state index contributed by atoms with van der Waals surface area (Å²) < 4.78 is 10.5. The van der Waals surface area contributed by atoms with E-state index in [-0.39, 0.29) is 15.4 Å². The van der Waals surface area contributed by atoms with Crippen molar-refractivity contribution in [2.75, 3.05) is 14.2 Å². The van der Waals surface area contributed by atoms with E-state index in [1.54, 1.807) is 14.2 Å². The van der Waals surface area contributed by atoms with Crippen molar-refractivity contribution in [3.8, 4) is 0 Å². The number of rotatable bonds is 5. The van der Waals surface area contributed by atoms with Crippen LogP contribution in [0.5, 0.6) is 0 Å². The number of hydrogen-bond donors (Lipinski definition) is 0. The molecule has 0 bridgehead atoms. The van der Waals surface area contributed by atoms with Crippen LogP contribution in [0.1, 0.15) is 32.6 Å². The highest BCUT2D eigenvalue weighted by Crippen LogP contribution is 2.34. The third-order valence-corrected chi connectivity index (χ3v) is 5.76. The Morgan fingerprint density at radius 1 is 1.15 bits per heavy atom. The standard InChI is InChI=1S/C10H22O2Si/c1-8(9-6-4-5-7-9)13-10(11-2)12-3/h8-10H,4-7,13H2,1-3H3. The van der Waals surface area contributed by atoms with Crippen LogP contribution in [-0.2, 0) is 9.47 Å². The van der Waals surface area contributed by atoms with Crippen molar-refractivity contribution in [3.63, 3.8) is 0 Å². The molecule has 2 nitrogen and oxygen atoms in total. The smallest absolute Gasteiger partial charge is 0.134 e. The summed E-state index contributed by atoms with van der Waals surface area (Å²) in [6.07, 6.45) is 5.75. The van der Waals surface area contributed by atoms with Crippen LogP contribution in [0.15, 0.2) is 0 Å². The van der Waals surface area contributed by atoms with Crippen molar-refractivity contribution in [1.29, 1.82) is 0 Å². The van der Waals surface area contributed by atoms with Gasteiger partial charge in [0.1, 0.15) is 5.91 Å². The summed E-state index contributed by atoms with van der Waals surface area (Å²) in [4.78, 5) is 0. The minimum absolute atomic E-state index is 0.135. The van der Waals surface area contributed by atoms with Crippen LogP contribution in [0.3, 0.4) is 0 Å². The molecule has 0 aromatic rings. The highest BCUT2D eigenvalue weighted by Gasteiger charge is 2.24. The lowest BCUT2D eigenvalue weighted by molar-refractivity contribution is -0.0451. The summed E-state index contributed by atoms with van der Waals surface area (Å²) >= 11 is 0. The van der Waals surface area contributed by atoms with Gasteiger partial charge in [-0.15, -0.1) is 0 Å². The summed E-state index contributed by atoms with van der Waals surface area (Å²) in [6, 6.07) is 0. The molecule has 0 aliphatic heterocycles. The van der Waals surface area contributed by atoms with E-state index in [0.29, 0.717) is 0 Å². The molecule has 0 amide bonds. The summed E-state index contributed by atoms with van der Waals surface area (Å²) in [5.74, 6) is 1.11. The van der Waals surface area contributed by atoms with E-state index in [0.717, 1.165) is 11.5 Å². The topological polar surface area (TPSA) is 18.5 Å². The van der Waals surface area contributed by atoms with Crippen LogP contribution >= 0.6 is 0 Å². The first-order valence-corrected chi connectivity index (χ1v) is 6.96. The third kappa shape index (κ3) is 3.41. The number of ether oxygens (including phenoxy) is 2. The van der Waals surface area contributed by atoms with E-state index in [1.165, 1.54) is 25.7 Å². The Hall–Kier alpha value is 0.137. The van der Waals surface area contributed by atoms with E-state index in [2.05, 4.69) is 6.92 Å². The van der Waals surface area contributed by atoms with E-state index in [9.17, 15) is 0 Å². The maximum atomic E-state index is 5.27. The van der Waals surface area contributed by atoms with E-state index >= 15 is 0 Å². The maximum Gasteiger partial charge on any atom is 0.134 e. The molecule has 0 radical (unpaired) electrons. The second kappa shape index (κ2) is 5.78. The summed E-state index contributed by atoms with van der Waals surface area (Å²) in [5, 5.41) is 0. The van der Waals surface area contributed by atoms with Crippen molar-refractivity contribution in [2.24, 2.45) is 5.92 Å². The second-order valence-electron chi connectivity index (χ2n) is 4.16. The van der Waals surface area contributed by atoms with E-state index in [1.807, 2.05) is 0 Å². The van der Waals surface area contributed by atoms with Crippen LogP contribution in [0.2, 0.25) is 5.54 Å². The first-order chi connectivity index (χ1) is 6.27. The van der Waals surface area contributed by atoms with Gasteiger partial charge in [0, 0.05) is 14.2 Å². The molecule has 0 aromatic heterocycles. The van der Waals surface area contributed by atoms with Gasteiger partial charge >= 0.3 is 0 Å². The summed E-state index contributed by atoms with van der Waals surface area (Å²) in [5.41, 5.74) is 0.882. The molecular formula is C10H22O2Si. The minimum Gasteiger partial charge on any atom is -0.360 e. The molecule has 3 heteroatoms. The highest BCUT2D eigenvalue weighted by atomic mass is 28.2. The van der Waals surface area contributed by atoms with Gasteiger partial charge in [-0.05, 0) is 11.5 Å². The highest BCUT2D eigenvalue weighted by molar-refractivity contribution is 6.38. The molecule has 0 aromatic carbocycles. The van der Waals surface area contributed by atoms with Crippen LogP contribution in [0.25, 0.3) is 0 Å². The van der Waals surface area contributed by atoms with Crippen LogP contribution in [0, 0.1) is 5.92 Å². The Morgan fingerprint density at radius 2 is 1.69 bits per heavy atom. The normalized spacial score (nSPS) is 22.2. The van der Waals surface area contributed by atoms with Gasteiger partial charge < -0.3 is 9.47 Å². The van der Waals surface area contributed by atoms with Crippen molar-refractivity contribution < 1.29 is 9.47 Å². The first-order valence-electron chi connectivity index (χ1n) is 5.33. The van der Waals surface area contributed by atoms with Crippen molar-refractivity contribution in [1.82, 2.24) is 0 Å². The van der Waals surface area contributed by atoms with Gasteiger partial charge in [-0.1, -0.05) is 32.6 Å². The Balaban J connectivity index is 2.25. The number of hydrogen-bond acceptors (Lipinski definition) is 2.